The molecule has 1 aromatic heterocycles. The molecule has 0 unspecified atom stereocenters. The molecule has 0 radical (unpaired) electrons. The molecule has 5 heteroatoms. The third-order valence-corrected chi connectivity index (χ3v) is 4.42. The summed E-state index contributed by atoms with van der Waals surface area (Å²) in [6.45, 7) is 5.39. The Kier molecular flexibility index (Phi) is 6.84. The monoisotopic (exact) mass is 378 g/mol. The van der Waals surface area contributed by atoms with Crippen molar-refractivity contribution in [3.8, 4) is 28.5 Å². The number of carbonyl (C=O) groups excluding carboxylic acids is 1. The van der Waals surface area contributed by atoms with Crippen molar-refractivity contribution in [2.45, 2.75) is 33.1 Å². The molecule has 146 valence electrons. The first-order valence-corrected chi connectivity index (χ1v) is 9.79. The number of benzene rings is 2. The fourth-order valence-electron chi connectivity index (χ4n) is 2.95. The highest BCUT2D eigenvalue weighted by Crippen LogP contribution is 2.29. The fourth-order valence-corrected chi connectivity index (χ4v) is 2.95. The first kappa shape index (κ1) is 19.7. The normalized spacial score (nSPS) is 10.6. The molecular formula is C23H26N2O3. The minimum Gasteiger partial charge on any atom is -0.494 e. The van der Waals surface area contributed by atoms with Crippen LogP contribution in [0.3, 0.4) is 0 Å². The summed E-state index contributed by atoms with van der Waals surface area (Å²) in [6.07, 6.45) is 4.89. The summed E-state index contributed by atoms with van der Waals surface area (Å²) in [5, 5.41) is 2.98. The van der Waals surface area contributed by atoms with Gasteiger partial charge in [-0.1, -0.05) is 31.9 Å². The summed E-state index contributed by atoms with van der Waals surface area (Å²) < 4.78 is 11.4. The lowest BCUT2D eigenvalue weighted by molar-refractivity contribution is 0.0953. The van der Waals surface area contributed by atoms with E-state index in [4.69, 9.17) is 9.15 Å². The molecule has 1 amide bonds. The van der Waals surface area contributed by atoms with Gasteiger partial charge in [-0.3, -0.25) is 4.79 Å². The molecule has 0 aliphatic rings. The van der Waals surface area contributed by atoms with Crippen molar-refractivity contribution in [2.75, 3.05) is 13.2 Å². The SMILES string of the molecule is CCCCCNC(=O)c1ccccc1-c1ncc(-c2ccc(OCC)cc2)o1. The first-order valence-electron chi connectivity index (χ1n) is 9.79. The van der Waals surface area contributed by atoms with Crippen LogP contribution in [0.1, 0.15) is 43.5 Å². The van der Waals surface area contributed by atoms with Crippen molar-refractivity contribution in [2.24, 2.45) is 0 Å². The van der Waals surface area contributed by atoms with Crippen molar-refractivity contribution < 1.29 is 13.9 Å². The van der Waals surface area contributed by atoms with Crippen LogP contribution in [0.2, 0.25) is 0 Å². The van der Waals surface area contributed by atoms with Crippen LogP contribution in [0.4, 0.5) is 0 Å². The van der Waals surface area contributed by atoms with Crippen molar-refractivity contribution in [1.82, 2.24) is 10.3 Å². The smallest absolute Gasteiger partial charge is 0.252 e. The maximum Gasteiger partial charge on any atom is 0.252 e. The number of oxazole rings is 1. The molecule has 3 aromatic rings. The van der Waals surface area contributed by atoms with Gasteiger partial charge in [0.1, 0.15) is 5.75 Å². The molecule has 3 rings (SSSR count). The summed E-state index contributed by atoms with van der Waals surface area (Å²) >= 11 is 0. The van der Waals surface area contributed by atoms with Gasteiger partial charge in [0.25, 0.3) is 5.91 Å². The zero-order chi connectivity index (χ0) is 19.8. The van der Waals surface area contributed by atoms with Crippen LogP contribution in [0.25, 0.3) is 22.8 Å². The maximum atomic E-state index is 12.6. The number of hydrogen-bond acceptors (Lipinski definition) is 4. The predicted octanol–water partition coefficient (Wildman–Crippen LogP) is 5.33. The van der Waals surface area contributed by atoms with E-state index in [0.717, 1.165) is 30.6 Å². The van der Waals surface area contributed by atoms with E-state index in [2.05, 4.69) is 17.2 Å². The van der Waals surface area contributed by atoms with Gasteiger partial charge in [-0.2, -0.15) is 0 Å². The number of nitrogens with one attached hydrogen (secondary N) is 1. The largest absolute Gasteiger partial charge is 0.494 e. The Morgan fingerprint density at radius 3 is 2.61 bits per heavy atom. The molecule has 0 atom stereocenters. The van der Waals surface area contributed by atoms with Crippen molar-refractivity contribution >= 4 is 5.91 Å². The van der Waals surface area contributed by atoms with Gasteiger partial charge >= 0.3 is 0 Å². The summed E-state index contributed by atoms with van der Waals surface area (Å²) in [4.78, 5) is 17.0. The van der Waals surface area contributed by atoms with Gasteiger partial charge in [0.2, 0.25) is 5.89 Å². The molecule has 1 heterocycles. The summed E-state index contributed by atoms with van der Waals surface area (Å²) in [6, 6.07) is 15.0. The Bertz CT molecular complexity index is 900. The molecule has 1 N–H and O–H groups in total. The van der Waals surface area contributed by atoms with Crippen LogP contribution in [0.5, 0.6) is 5.75 Å². The van der Waals surface area contributed by atoms with E-state index < -0.39 is 0 Å². The Hall–Kier alpha value is -3.08. The molecule has 0 aliphatic heterocycles. The Morgan fingerprint density at radius 2 is 1.86 bits per heavy atom. The molecular weight excluding hydrogens is 352 g/mol. The highest BCUT2D eigenvalue weighted by molar-refractivity contribution is 6.00. The summed E-state index contributed by atoms with van der Waals surface area (Å²) in [5.74, 6) is 1.79. The highest BCUT2D eigenvalue weighted by atomic mass is 16.5. The number of rotatable bonds is 9. The minimum atomic E-state index is -0.104. The standard InChI is InChI=1S/C23H26N2O3/c1-3-5-8-15-24-22(26)19-9-6-7-10-20(19)23-25-16-21(28-23)17-11-13-18(14-12-17)27-4-2/h6-7,9-14,16H,3-5,8,15H2,1-2H3,(H,24,26). The molecule has 0 spiro atoms. The van der Waals surface area contributed by atoms with Gasteiger partial charge in [-0.05, 0) is 49.7 Å². The van der Waals surface area contributed by atoms with Gasteiger partial charge in [0.15, 0.2) is 5.76 Å². The average Bonchev–Trinajstić information content (AvgIpc) is 3.22. The van der Waals surface area contributed by atoms with Gasteiger partial charge in [-0.25, -0.2) is 4.98 Å². The predicted molar refractivity (Wildman–Crippen MR) is 110 cm³/mol. The zero-order valence-electron chi connectivity index (χ0n) is 16.4. The molecule has 5 nitrogen and oxygen atoms in total. The Morgan fingerprint density at radius 1 is 1.07 bits per heavy atom. The molecule has 28 heavy (non-hydrogen) atoms. The quantitative estimate of drug-likeness (QED) is 0.511. The molecule has 2 aromatic carbocycles. The second kappa shape index (κ2) is 9.74. The van der Waals surface area contributed by atoms with E-state index in [0.29, 0.717) is 35.9 Å². The van der Waals surface area contributed by atoms with E-state index in [-0.39, 0.29) is 5.91 Å². The molecule has 0 fully saturated rings. The van der Waals surface area contributed by atoms with Crippen molar-refractivity contribution in [3.63, 3.8) is 0 Å². The second-order valence-corrected chi connectivity index (χ2v) is 6.50. The minimum absolute atomic E-state index is 0.104. The van der Waals surface area contributed by atoms with E-state index in [1.165, 1.54) is 0 Å². The number of hydrogen-bond donors (Lipinski definition) is 1. The maximum absolute atomic E-state index is 12.6. The van der Waals surface area contributed by atoms with Crippen LogP contribution in [0.15, 0.2) is 59.1 Å². The van der Waals surface area contributed by atoms with E-state index in [1.807, 2.05) is 49.4 Å². The Balaban J connectivity index is 1.78. The van der Waals surface area contributed by atoms with E-state index in [9.17, 15) is 4.79 Å². The number of aromatic nitrogens is 1. The summed E-state index contributed by atoms with van der Waals surface area (Å²) in [5.41, 5.74) is 2.16. The summed E-state index contributed by atoms with van der Waals surface area (Å²) in [7, 11) is 0. The van der Waals surface area contributed by atoms with E-state index >= 15 is 0 Å². The van der Waals surface area contributed by atoms with E-state index in [1.54, 1.807) is 12.3 Å². The van der Waals surface area contributed by atoms with Crippen LogP contribution >= 0.6 is 0 Å². The number of ether oxygens (including phenoxy) is 1. The zero-order valence-corrected chi connectivity index (χ0v) is 16.4. The fraction of sp³-hybridized carbons (Fsp3) is 0.304. The van der Waals surface area contributed by atoms with Gasteiger partial charge in [0.05, 0.1) is 18.4 Å². The lowest BCUT2D eigenvalue weighted by Gasteiger charge is -2.08. The second-order valence-electron chi connectivity index (χ2n) is 6.50. The molecule has 0 saturated carbocycles. The van der Waals surface area contributed by atoms with Gasteiger partial charge in [0, 0.05) is 17.7 Å². The first-order chi connectivity index (χ1) is 13.7. The average molecular weight is 378 g/mol. The molecule has 0 bridgehead atoms. The number of amides is 1. The molecule has 0 aliphatic carbocycles. The van der Waals surface area contributed by atoms with Gasteiger partial charge in [-0.15, -0.1) is 0 Å². The van der Waals surface area contributed by atoms with Crippen LogP contribution in [0, 0.1) is 0 Å². The van der Waals surface area contributed by atoms with Crippen LogP contribution in [-0.2, 0) is 0 Å². The van der Waals surface area contributed by atoms with Crippen LogP contribution < -0.4 is 10.1 Å². The Labute approximate surface area is 165 Å². The number of unbranched alkanes of at least 4 members (excludes halogenated alkanes) is 2. The topological polar surface area (TPSA) is 64.4 Å². The highest BCUT2D eigenvalue weighted by Gasteiger charge is 2.16. The third kappa shape index (κ3) is 4.80. The van der Waals surface area contributed by atoms with Crippen LogP contribution in [-0.4, -0.2) is 24.0 Å². The number of nitrogens with zero attached hydrogens (tertiary/aromatic N) is 1. The molecule has 0 saturated heterocycles. The lowest BCUT2D eigenvalue weighted by atomic mass is 10.1. The number of carbonyl (C=O) groups is 1. The lowest BCUT2D eigenvalue weighted by Crippen LogP contribution is -2.25. The van der Waals surface area contributed by atoms with Crippen molar-refractivity contribution in [1.29, 1.82) is 0 Å². The van der Waals surface area contributed by atoms with Gasteiger partial charge < -0.3 is 14.5 Å². The van der Waals surface area contributed by atoms with Crippen molar-refractivity contribution in [3.05, 3.63) is 60.3 Å². The third-order valence-electron chi connectivity index (χ3n) is 4.42.